The zero-order valence-electron chi connectivity index (χ0n) is 12.8. The topological polar surface area (TPSA) is 51.3 Å². The van der Waals surface area contributed by atoms with Crippen molar-refractivity contribution in [2.24, 2.45) is 0 Å². The minimum Gasteiger partial charge on any atom is -0.382 e. The summed E-state index contributed by atoms with van der Waals surface area (Å²) in [6.45, 7) is 3.91. The number of aryl methyl sites for hydroxylation is 1. The number of benzene rings is 1. The van der Waals surface area contributed by atoms with Gasteiger partial charge in [-0.15, -0.1) is 0 Å². The molecular weight excluding hydrogens is 266 g/mol. The number of para-hydroxylation sites is 1. The monoisotopic (exact) mass is 289 g/mol. The van der Waals surface area contributed by atoms with Crippen LogP contribution in [-0.2, 0) is 15.9 Å². The van der Waals surface area contributed by atoms with Gasteiger partial charge in [0.2, 0.25) is 0 Å². The van der Waals surface area contributed by atoms with E-state index < -0.39 is 0 Å². The van der Waals surface area contributed by atoms with Gasteiger partial charge < -0.3 is 14.5 Å². The summed E-state index contributed by atoms with van der Waals surface area (Å²) in [5.41, 5.74) is 2.92. The van der Waals surface area contributed by atoms with Crippen molar-refractivity contribution in [3.05, 3.63) is 45.7 Å². The van der Waals surface area contributed by atoms with Crippen LogP contribution in [0.4, 0.5) is 0 Å². The molecule has 0 aliphatic carbocycles. The van der Waals surface area contributed by atoms with Gasteiger partial charge in [-0.3, -0.25) is 4.79 Å². The zero-order valence-corrected chi connectivity index (χ0v) is 12.8. The smallest absolute Gasteiger partial charge is 0.192 e. The fourth-order valence-electron chi connectivity index (χ4n) is 2.39. The maximum atomic E-state index is 12.3. The summed E-state index contributed by atoms with van der Waals surface area (Å²) >= 11 is 0. The van der Waals surface area contributed by atoms with Crippen molar-refractivity contribution in [3.63, 3.8) is 0 Å². The molecule has 0 saturated heterocycles. The van der Waals surface area contributed by atoms with Crippen molar-refractivity contribution in [2.45, 2.75) is 26.2 Å². The summed E-state index contributed by atoms with van der Waals surface area (Å²) in [6.07, 6.45) is 2.86. The molecule has 0 bridgehead atoms. The Morgan fingerprint density at radius 3 is 2.71 bits per heavy atom. The Morgan fingerprint density at radius 1 is 1.10 bits per heavy atom. The third-order valence-corrected chi connectivity index (χ3v) is 3.65. The van der Waals surface area contributed by atoms with E-state index in [-0.39, 0.29) is 5.43 Å². The van der Waals surface area contributed by atoms with Crippen molar-refractivity contribution in [1.82, 2.24) is 4.98 Å². The number of hydrogen-bond donors (Lipinski definition) is 1. The van der Waals surface area contributed by atoms with Crippen LogP contribution in [0.25, 0.3) is 10.9 Å². The molecule has 4 nitrogen and oxygen atoms in total. The van der Waals surface area contributed by atoms with E-state index in [2.05, 4.69) is 4.98 Å². The van der Waals surface area contributed by atoms with Crippen molar-refractivity contribution in [1.29, 1.82) is 0 Å². The molecule has 1 N–H and O–H groups in total. The number of aromatic amines is 1. The molecule has 1 aromatic heterocycles. The third-order valence-electron chi connectivity index (χ3n) is 3.65. The van der Waals surface area contributed by atoms with Crippen LogP contribution in [-0.4, -0.2) is 31.9 Å². The number of fused-ring (bicyclic) bond motifs is 1. The van der Waals surface area contributed by atoms with E-state index in [0.29, 0.717) is 13.2 Å². The highest BCUT2D eigenvalue weighted by Crippen LogP contribution is 2.12. The van der Waals surface area contributed by atoms with Gasteiger partial charge in [-0.05, 0) is 38.3 Å². The van der Waals surface area contributed by atoms with Crippen LogP contribution in [0, 0.1) is 6.92 Å². The van der Waals surface area contributed by atoms with E-state index in [1.807, 2.05) is 31.2 Å². The van der Waals surface area contributed by atoms with Crippen LogP contribution in [0.5, 0.6) is 0 Å². The molecule has 2 aromatic rings. The Kier molecular flexibility index (Phi) is 5.96. The summed E-state index contributed by atoms with van der Waals surface area (Å²) in [6, 6.07) is 7.66. The molecule has 0 atom stereocenters. The highest BCUT2D eigenvalue weighted by atomic mass is 16.5. The number of rotatable bonds is 8. The van der Waals surface area contributed by atoms with Gasteiger partial charge in [0.15, 0.2) is 5.43 Å². The van der Waals surface area contributed by atoms with E-state index in [1.165, 1.54) is 0 Å². The molecule has 0 fully saturated rings. The lowest BCUT2D eigenvalue weighted by molar-refractivity contribution is 0.0688. The Bertz CT molecular complexity index is 633. The lowest BCUT2D eigenvalue weighted by atomic mass is 10.1. The molecule has 2 rings (SSSR count). The Balaban J connectivity index is 1.93. The highest BCUT2D eigenvalue weighted by Gasteiger charge is 2.07. The van der Waals surface area contributed by atoms with Crippen molar-refractivity contribution in [3.8, 4) is 0 Å². The first kappa shape index (κ1) is 15.7. The van der Waals surface area contributed by atoms with Crippen LogP contribution in [0.15, 0.2) is 29.1 Å². The summed E-state index contributed by atoms with van der Waals surface area (Å²) in [7, 11) is 1.67. The highest BCUT2D eigenvalue weighted by molar-refractivity contribution is 5.79. The zero-order chi connectivity index (χ0) is 15.1. The fraction of sp³-hybridized carbons (Fsp3) is 0.471. The summed E-state index contributed by atoms with van der Waals surface area (Å²) < 4.78 is 10.4. The van der Waals surface area contributed by atoms with E-state index in [4.69, 9.17) is 9.47 Å². The number of ether oxygens (including phenoxy) is 2. The second-order valence-corrected chi connectivity index (χ2v) is 5.17. The van der Waals surface area contributed by atoms with Gasteiger partial charge in [0.1, 0.15) is 0 Å². The third kappa shape index (κ3) is 4.16. The lowest BCUT2D eigenvalue weighted by Crippen LogP contribution is -2.12. The molecule has 0 aliphatic rings. The minimum atomic E-state index is 0.135. The first-order valence-corrected chi connectivity index (χ1v) is 7.41. The number of nitrogens with one attached hydrogen (secondary N) is 1. The lowest BCUT2D eigenvalue weighted by Gasteiger charge is -2.08. The van der Waals surface area contributed by atoms with E-state index >= 15 is 0 Å². The van der Waals surface area contributed by atoms with Crippen LogP contribution < -0.4 is 5.43 Å². The van der Waals surface area contributed by atoms with Gasteiger partial charge in [-0.1, -0.05) is 12.1 Å². The van der Waals surface area contributed by atoms with Crippen LogP contribution >= 0.6 is 0 Å². The van der Waals surface area contributed by atoms with Crippen LogP contribution in [0.2, 0.25) is 0 Å². The van der Waals surface area contributed by atoms with Crippen molar-refractivity contribution in [2.75, 3.05) is 26.9 Å². The van der Waals surface area contributed by atoms with Gasteiger partial charge in [0, 0.05) is 35.9 Å². The predicted octanol–water partition coefficient (Wildman–Crippen LogP) is 2.82. The molecule has 21 heavy (non-hydrogen) atoms. The van der Waals surface area contributed by atoms with Gasteiger partial charge in [-0.2, -0.15) is 0 Å². The number of methoxy groups -OCH3 is 1. The molecule has 0 radical (unpaired) electrons. The SMILES string of the molecule is COCCOCCCCc1[nH]c2ccccc2c(=O)c1C. The first-order valence-electron chi connectivity index (χ1n) is 7.41. The Hall–Kier alpha value is -1.65. The average molecular weight is 289 g/mol. The van der Waals surface area contributed by atoms with Gasteiger partial charge in [0.25, 0.3) is 0 Å². The second-order valence-electron chi connectivity index (χ2n) is 5.17. The molecular formula is C17H23NO3. The average Bonchev–Trinajstić information content (AvgIpc) is 2.51. The van der Waals surface area contributed by atoms with E-state index in [0.717, 1.165) is 48.0 Å². The number of unbranched alkanes of at least 4 members (excludes halogenated alkanes) is 1. The molecule has 114 valence electrons. The Morgan fingerprint density at radius 2 is 1.90 bits per heavy atom. The van der Waals surface area contributed by atoms with Gasteiger partial charge >= 0.3 is 0 Å². The number of H-pyrrole nitrogens is 1. The standard InChI is InChI=1S/C17H23NO3/c1-13-15(8-5-6-10-21-12-11-20-2)18-16-9-4-3-7-14(16)17(13)19/h3-4,7,9H,5-6,8,10-12H2,1-2H3,(H,18,19). The van der Waals surface area contributed by atoms with E-state index in [9.17, 15) is 4.79 Å². The summed E-state index contributed by atoms with van der Waals surface area (Å²) in [4.78, 5) is 15.7. The number of hydrogen-bond acceptors (Lipinski definition) is 3. The largest absolute Gasteiger partial charge is 0.382 e. The molecule has 0 unspecified atom stereocenters. The van der Waals surface area contributed by atoms with Crippen LogP contribution in [0.3, 0.4) is 0 Å². The fourth-order valence-corrected chi connectivity index (χ4v) is 2.39. The first-order chi connectivity index (χ1) is 10.2. The molecule has 1 aromatic carbocycles. The normalized spacial score (nSPS) is 11.1. The molecule has 4 heteroatoms. The molecule has 1 heterocycles. The maximum absolute atomic E-state index is 12.3. The van der Waals surface area contributed by atoms with E-state index in [1.54, 1.807) is 7.11 Å². The Labute approximate surface area is 125 Å². The molecule has 0 amide bonds. The minimum absolute atomic E-state index is 0.135. The molecule has 0 aliphatic heterocycles. The van der Waals surface area contributed by atoms with Gasteiger partial charge in [0.05, 0.1) is 13.2 Å². The van der Waals surface area contributed by atoms with Crippen LogP contribution in [0.1, 0.15) is 24.1 Å². The van der Waals surface area contributed by atoms with Crippen molar-refractivity contribution < 1.29 is 9.47 Å². The second kappa shape index (κ2) is 7.96. The molecule has 0 spiro atoms. The maximum Gasteiger partial charge on any atom is 0.192 e. The summed E-state index contributed by atoms with van der Waals surface area (Å²) in [5, 5.41) is 0.765. The number of aromatic nitrogens is 1. The summed E-state index contributed by atoms with van der Waals surface area (Å²) in [5.74, 6) is 0. The van der Waals surface area contributed by atoms with Crippen molar-refractivity contribution >= 4 is 10.9 Å². The predicted molar refractivity (Wildman–Crippen MR) is 84.9 cm³/mol. The molecule has 0 saturated carbocycles. The van der Waals surface area contributed by atoms with Gasteiger partial charge in [-0.25, -0.2) is 0 Å². The quantitative estimate of drug-likeness (QED) is 0.760. The number of pyridine rings is 1.